The second kappa shape index (κ2) is 7.02. The molecule has 0 aliphatic carbocycles. The molecule has 0 saturated heterocycles. The van der Waals surface area contributed by atoms with Gasteiger partial charge in [0.15, 0.2) is 5.13 Å². The molecule has 2 heterocycles. The molecule has 6 heteroatoms. The Balaban J connectivity index is 0.00000161. The van der Waals surface area contributed by atoms with Gasteiger partial charge in [-0.2, -0.15) is 0 Å². The summed E-state index contributed by atoms with van der Waals surface area (Å²) < 4.78 is 0. The molecule has 0 bridgehead atoms. The van der Waals surface area contributed by atoms with Crippen LogP contribution in [-0.4, -0.2) is 24.0 Å². The van der Waals surface area contributed by atoms with E-state index in [9.17, 15) is 4.79 Å². The fourth-order valence-electron chi connectivity index (χ4n) is 2.40. The summed E-state index contributed by atoms with van der Waals surface area (Å²) in [6.07, 6.45) is 2.01. The Morgan fingerprint density at radius 2 is 2.05 bits per heavy atom. The maximum Gasteiger partial charge on any atom is 0.257 e. The highest BCUT2D eigenvalue weighted by Crippen LogP contribution is 2.18. The molecule has 2 N–H and O–H groups in total. The summed E-state index contributed by atoms with van der Waals surface area (Å²) in [5.41, 5.74) is 4.26. The highest BCUT2D eigenvalue weighted by molar-refractivity contribution is 7.13. The van der Waals surface area contributed by atoms with Gasteiger partial charge >= 0.3 is 0 Å². The first-order valence-electron chi connectivity index (χ1n) is 6.78. The minimum atomic E-state index is -0.0839. The highest BCUT2D eigenvalue weighted by Gasteiger charge is 2.12. The summed E-state index contributed by atoms with van der Waals surface area (Å²) in [6.45, 7) is 3.90. The summed E-state index contributed by atoms with van der Waals surface area (Å²) in [4.78, 5) is 16.5. The monoisotopic (exact) mass is 323 g/mol. The number of nitrogens with one attached hydrogen (secondary N) is 2. The molecule has 1 aliphatic heterocycles. The standard InChI is InChI=1S/C15H17N3OS.ClH/c1-10-9-20-15(17-10)18-14(19)13-3-2-11-4-6-16-7-5-12(11)8-13;/h2-3,8-9,16H,4-7H2,1H3,(H,17,18,19);1H. The van der Waals surface area contributed by atoms with Gasteiger partial charge < -0.3 is 5.32 Å². The van der Waals surface area contributed by atoms with Crippen molar-refractivity contribution >= 4 is 34.8 Å². The Hall–Kier alpha value is -1.43. The number of halogens is 1. The molecule has 0 spiro atoms. The second-order valence-electron chi connectivity index (χ2n) is 4.98. The Labute approximate surface area is 134 Å². The second-order valence-corrected chi connectivity index (χ2v) is 5.84. The maximum atomic E-state index is 12.2. The summed E-state index contributed by atoms with van der Waals surface area (Å²) in [7, 11) is 0. The zero-order valence-corrected chi connectivity index (χ0v) is 13.4. The average Bonchev–Trinajstić information content (AvgIpc) is 2.72. The topological polar surface area (TPSA) is 54.0 Å². The molecular weight excluding hydrogens is 306 g/mol. The molecule has 0 saturated carbocycles. The van der Waals surface area contributed by atoms with Gasteiger partial charge in [0.1, 0.15) is 0 Å². The molecule has 4 nitrogen and oxygen atoms in total. The van der Waals surface area contributed by atoms with E-state index in [1.807, 2.05) is 24.4 Å². The van der Waals surface area contributed by atoms with E-state index in [0.717, 1.165) is 31.6 Å². The summed E-state index contributed by atoms with van der Waals surface area (Å²) >= 11 is 1.45. The predicted molar refractivity (Wildman–Crippen MR) is 88.8 cm³/mol. The smallest absolute Gasteiger partial charge is 0.257 e. The lowest BCUT2D eigenvalue weighted by molar-refractivity contribution is 0.102. The van der Waals surface area contributed by atoms with Crippen LogP contribution in [0.4, 0.5) is 5.13 Å². The maximum absolute atomic E-state index is 12.2. The molecule has 1 aromatic heterocycles. The Bertz CT molecular complexity index is 642. The van der Waals surface area contributed by atoms with E-state index < -0.39 is 0 Å². The molecule has 1 aliphatic rings. The molecule has 112 valence electrons. The van der Waals surface area contributed by atoms with Gasteiger partial charge in [-0.25, -0.2) is 4.98 Å². The lowest BCUT2D eigenvalue weighted by Gasteiger charge is -2.08. The van der Waals surface area contributed by atoms with Crippen molar-refractivity contribution < 1.29 is 4.79 Å². The Kier molecular flexibility index (Phi) is 5.33. The number of nitrogens with zero attached hydrogens (tertiary/aromatic N) is 1. The van der Waals surface area contributed by atoms with Gasteiger partial charge in [0.25, 0.3) is 5.91 Å². The third-order valence-corrected chi connectivity index (χ3v) is 4.33. The van der Waals surface area contributed by atoms with E-state index in [4.69, 9.17) is 0 Å². The van der Waals surface area contributed by atoms with E-state index in [1.165, 1.54) is 22.5 Å². The van der Waals surface area contributed by atoms with Crippen molar-refractivity contribution in [3.05, 3.63) is 46.0 Å². The first-order chi connectivity index (χ1) is 9.72. The molecule has 21 heavy (non-hydrogen) atoms. The van der Waals surface area contributed by atoms with Crippen LogP contribution in [0.1, 0.15) is 27.2 Å². The van der Waals surface area contributed by atoms with Crippen molar-refractivity contribution in [1.82, 2.24) is 10.3 Å². The van der Waals surface area contributed by atoms with E-state index in [1.54, 1.807) is 0 Å². The number of anilines is 1. The number of aromatic nitrogens is 1. The van der Waals surface area contributed by atoms with Crippen LogP contribution in [0.5, 0.6) is 0 Å². The van der Waals surface area contributed by atoms with Crippen LogP contribution in [-0.2, 0) is 12.8 Å². The third-order valence-electron chi connectivity index (χ3n) is 3.45. The Morgan fingerprint density at radius 1 is 1.29 bits per heavy atom. The minimum absolute atomic E-state index is 0. The van der Waals surface area contributed by atoms with E-state index in [-0.39, 0.29) is 18.3 Å². The molecule has 0 fully saturated rings. The zero-order valence-electron chi connectivity index (χ0n) is 11.8. The number of rotatable bonds is 2. The highest BCUT2D eigenvalue weighted by atomic mass is 35.5. The molecule has 0 radical (unpaired) electrons. The van der Waals surface area contributed by atoms with Crippen LogP contribution in [0.3, 0.4) is 0 Å². The first-order valence-corrected chi connectivity index (χ1v) is 7.66. The predicted octanol–water partition coefficient (Wildman–Crippen LogP) is 2.81. The number of benzene rings is 1. The number of carbonyl (C=O) groups is 1. The molecule has 2 aromatic rings. The molecule has 3 rings (SSSR count). The number of thiazole rings is 1. The molecule has 1 amide bonds. The van der Waals surface area contributed by atoms with E-state index in [0.29, 0.717) is 10.7 Å². The number of aryl methyl sites for hydroxylation is 1. The van der Waals surface area contributed by atoms with Crippen molar-refractivity contribution in [3.8, 4) is 0 Å². The van der Waals surface area contributed by atoms with Crippen LogP contribution in [0.2, 0.25) is 0 Å². The fourth-order valence-corrected chi connectivity index (χ4v) is 3.08. The zero-order chi connectivity index (χ0) is 13.9. The average molecular weight is 324 g/mol. The van der Waals surface area contributed by atoms with Crippen LogP contribution in [0, 0.1) is 6.92 Å². The van der Waals surface area contributed by atoms with Gasteiger partial charge in [0.2, 0.25) is 0 Å². The lowest BCUT2D eigenvalue weighted by Crippen LogP contribution is -2.16. The third kappa shape index (κ3) is 3.81. The van der Waals surface area contributed by atoms with Crippen LogP contribution in [0.15, 0.2) is 23.6 Å². The first kappa shape index (κ1) is 15.9. The number of hydrogen-bond donors (Lipinski definition) is 2. The largest absolute Gasteiger partial charge is 0.316 e. The van der Waals surface area contributed by atoms with Gasteiger partial charge in [0, 0.05) is 10.9 Å². The van der Waals surface area contributed by atoms with Gasteiger partial charge in [0.05, 0.1) is 5.69 Å². The van der Waals surface area contributed by atoms with Gasteiger partial charge in [-0.05, 0) is 56.1 Å². The SMILES string of the molecule is Cc1csc(NC(=O)c2ccc3c(c2)CCNCC3)n1.Cl. The van der Waals surface area contributed by atoms with E-state index >= 15 is 0 Å². The normalized spacial score (nSPS) is 13.8. The lowest BCUT2D eigenvalue weighted by atomic mass is 10.00. The summed E-state index contributed by atoms with van der Waals surface area (Å²) in [5.74, 6) is -0.0839. The minimum Gasteiger partial charge on any atom is -0.316 e. The van der Waals surface area contributed by atoms with Crippen LogP contribution in [0.25, 0.3) is 0 Å². The quantitative estimate of drug-likeness (QED) is 0.893. The molecule has 0 atom stereocenters. The number of fused-ring (bicyclic) bond motifs is 1. The van der Waals surface area contributed by atoms with Crippen molar-refractivity contribution in [2.24, 2.45) is 0 Å². The number of carbonyl (C=O) groups excluding carboxylic acids is 1. The fraction of sp³-hybridized carbons (Fsp3) is 0.333. The number of amides is 1. The van der Waals surface area contributed by atoms with E-state index in [2.05, 4.69) is 21.7 Å². The molecular formula is C15H18ClN3OS. The van der Waals surface area contributed by atoms with Crippen molar-refractivity contribution in [3.63, 3.8) is 0 Å². The van der Waals surface area contributed by atoms with Gasteiger partial charge in [-0.1, -0.05) is 6.07 Å². The Morgan fingerprint density at radius 3 is 2.76 bits per heavy atom. The van der Waals surface area contributed by atoms with Crippen molar-refractivity contribution in [2.45, 2.75) is 19.8 Å². The van der Waals surface area contributed by atoms with Gasteiger partial charge in [-0.15, -0.1) is 23.7 Å². The number of hydrogen-bond acceptors (Lipinski definition) is 4. The van der Waals surface area contributed by atoms with Crippen molar-refractivity contribution in [2.75, 3.05) is 18.4 Å². The summed E-state index contributed by atoms with van der Waals surface area (Å²) in [5, 5.41) is 8.82. The molecule has 1 aromatic carbocycles. The van der Waals surface area contributed by atoms with Crippen LogP contribution >= 0.6 is 23.7 Å². The van der Waals surface area contributed by atoms with Gasteiger partial charge in [-0.3, -0.25) is 10.1 Å². The molecule has 0 unspecified atom stereocenters. The summed E-state index contributed by atoms with van der Waals surface area (Å²) in [6, 6.07) is 5.99. The van der Waals surface area contributed by atoms with Crippen LogP contribution < -0.4 is 10.6 Å². The van der Waals surface area contributed by atoms with Crippen molar-refractivity contribution in [1.29, 1.82) is 0 Å².